The minimum Gasteiger partial charge on any atom is -0.469 e. The summed E-state index contributed by atoms with van der Waals surface area (Å²) < 4.78 is 22.7. The zero-order chi connectivity index (χ0) is 24.3. The van der Waals surface area contributed by atoms with E-state index in [1.165, 1.54) is 14.0 Å². The molecular formula is C23H26Br2O8. The van der Waals surface area contributed by atoms with Crippen LogP contribution in [0.1, 0.15) is 58.1 Å². The summed E-state index contributed by atoms with van der Waals surface area (Å²) in [4.78, 5) is 51.6. The fourth-order valence-electron chi connectivity index (χ4n) is 6.57. The van der Waals surface area contributed by atoms with Gasteiger partial charge >= 0.3 is 17.9 Å². The van der Waals surface area contributed by atoms with Gasteiger partial charge in [-0.3, -0.25) is 19.2 Å². The van der Waals surface area contributed by atoms with Crippen LogP contribution in [0.4, 0.5) is 0 Å². The number of fused-ring (bicyclic) bond motifs is 3. The quantitative estimate of drug-likeness (QED) is 0.374. The Morgan fingerprint density at radius 1 is 1.18 bits per heavy atom. The maximum absolute atomic E-state index is 13.8. The minimum absolute atomic E-state index is 0.0763. The molecule has 0 spiro atoms. The van der Waals surface area contributed by atoms with Gasteiger partial charge in [0.15, 0.2) is 21.2 Å². The molecule has 0 aromatic carbocycles. The fourth-order valence-corrected chi connectivity index (χ4v) is 7.74. The topological polar surface area (TPSA) is 109 Å². The van der Waals surface area contributed by atoms with Crippen LogP contribution in [0.5, 0.6) is 0 Å². The minimum atomic E-state index is -1.06. The predicted octanol–water partition coefficient (Wildman–Crippen LogP) is 4.53. The molecule has 2 heterocycles. The second-order valence-corrected chi connectivity index (χ2v) is 11.3. The summed E-state index contributed by atoms with van der Waals surface area (Å²) in [5.74, 6) is -3.51. The van der Waals surface area contributed by atoms with E-state index in [-0.39, 0.29) is 18.2 Å². The largest absolute Gasteiger partial charge is 0.469 e. The molecule has 180 valence electrons. The number of hydrogen-bond donors (Lipinski definition) is 0. The van der Waals surface area contributed by atoms with Gasteiger partial charge in [-0.1, -0.05) is 13.8 Å². The second-order valence-electron chi connectivity index (χ2n) is 9.76. The number of hydrogen-bond acceptors (Lipinski definition) is 8. The van der Waals surface area contributed by atoms with Gasteiger partial charge in [0.2, 0.25) is 0 Å². The third-order valence-electron chi connectivity index (χ3n) is 7.93. The van der Waals surface area contributed by atoms with Crippen molar-refractivity contribution < 1.29 is 37.8 Å². The van der Waals surface area contributed by atoms with Crippen LogP contribution in [-0.4, -0.2) is 36.9 Å². The number of rotatable bonds is 3. The van der Waals surface area contributed by atoms with E-state index in [0.29, 0.717) is 34.2 Å². The molecule has 1 aliphatic heterocycles. The van der Waals surface area contributed by atoms with Crippen LogP contribution in [0, 0.1) is 28.6 Å². The first-order valence-corrected chi connectivity index (χ1v) is 12.4. The van der Waals surface area contributed by atoms with Crippen molar-refractivity contribution >= 4 is 55.6 Å². The van der Waals surface area contributed by atoms with Crippen molar-refractivity contribution in [2.24, 2.45) is 28.6 Å². The Morgan fingerprint density at radius 2 is 1.88 bits per heavy atom. The van der Waals surface area contributed by atoms with Crippen molar-refractivity contribution in [3.05, 3.63) is 21.0 Å². The van der Waals surface area contributed by atoms with E-state index in [0.717, 1.165) is 0 Å². The highest BCUT2D eigenvalue weighted by Crippen LogP contribution is 2.65. The molecule has 2 saturated carbocycles. The maximum atomic E-state index is 13.8. The van der Waals surface area contributed by atoms with Gasteiger partial charge in [-0.05, 0) is 68.0 Å². The molecule has 3 aliphatic rings. The van der Waals surface area contributed by atoms with Gasteiger partial charge in [0.1, 0.15) is 6.10 Å². The number of ether oxygens (including phenoxy) is 3. The molecule has 33 heavy (non-hydrogen) atoms. The summed E-state index contributed by atoms with van der Waals surface area (Å²) >= 11 is 6.66. The van der Waals surface area contributed by atoms with E-state index in [4.69, 9.17) is 18.6 Å². The van der Waals surface area contributed by atoms with E-state index in [9.17, 15) is 19.2 Å². The summed E-state index contributed by atoms with van der Waals surface area (Å²) in [6.07, 6.45) is -0.287. The lowest BCUT2D eigenvalue weighted by molar-refractivity contribution is -0.210. The summed E-state index contributed by atoms with van der Waals surface area (Å²) in [6.45, 7) is 5.07. The van der Waals surface area contributed by atoms with Gasteiger partial charge in [-0.15, -0.1) is 0 Å². The summed E-state index contributed by atoms with van der Waals surface area (Å²) in [5, 5.41) is 0. The number of ketones is 1. The summed E-state index contributed by atoms with van der Waals surface area (Å²) in [5.41, 5.74) is -0.910. The Hall–Kier alpha value is -1.68. The molecule has 4 rings (SSSR count). The number of carbonyl (C=O) groups excluding carboxylic acids is 4. The molecule has 2 aliphatic carbocycles. The Morgan fingerprint density at radius 3 is 2.45 bits per heavy atom. The number of carbonyl (C=O) groups is 4. The molecule has 3 fully saturated rings. The van der Waals surface area contributed by atoms with Crippen molar-refractivity contribution in [1.82, 2.24) is 0 Å². The molecule has 0 amide bonds. The molecule has 0 N–H and O–H groups in total. The van der Waals surface area contributed by atoms with E-state index in [1.807, 2.05) is 13.8 Å². The van der Waals surface area contributed by atoms with Gasteiger partial charge in [-0.25, -0.2) is 0 Å². The Kier molecular flexibility index (Phi) is 6.31. The van der Waals surface area contributed by atoms with Gasteiger partial charge in [0, 0.05) is 24.8 Å². The first-order valence-electron chi connectivity index (χ1n) is 10.9. The zero-order valence-electron chi connectivity index (χ0n) is 18.8. The monoisotopic (exact) mass is 588 g/mol. The third kappa shape index (κ3) is 3.87. The first kappa shape index (κ1) is 24.4. The SMILES string of the molecule is COC(=O)C1C[C@H](OC(C)=O)C(=O)[C@@H]2[C@@]3(C)C[C@H](c4cc(Br)oc4Br)OC(=O)[C@@H]3CC[C@@]12C. The van der Waals surface area contributed by atoms with Crippen molar-refractivity contribution in [2.45, 2.75) is 58.7 Å². The molecular weight excluding hydrogens is 564 g/mol. The summed E-state index contributed by atoms with van der Waals surface area (Å²) in [7, 11) is 1.31. The number of cyclic esters (lactones) is 1. The van der Waals surface area contributed by atoms with Crippen LogP contribution in [0.15, 0.2) is 19.8 Å². The number of esters is 3. The molecule has 1 unspecified atom stereocenters. The number of methoxy groups -OCH3 is 1. The van der Waals surface area contributed by atoms with Crippen LogP contribution in [0.2, 0.25) is 0 Å². The van der Waals surface area contributed by atoms with Crippen LogP contribution in [0.25, 0.3) is 0 Å². The lowest BCUT2D eigenvalue weighted by Crippen LogP contribution is -2.64. The number of halogens is 2. The number of Topliss-reactive ketones (excluding diaryl/α,β-unsaturated/α-hetero) is 1. The van der Waals surface area contributed by atoms with E-state index >= 15 is 0 Å². The first-order chi connectivity index (χ1) is 15.4. The van der Waals surface area contributed by atoms with Crippen LogP contribution < -0.4 is 0 Å². The molecule has 8 nitrogen and oxygen atoms in total. The molecule has 1 aromatic rings. The lowest BCUT2D eigenvalue weighted by Gasteiger charge is -2.61. The average Bonchev–Trinajstić information content (AvgIpc) is 3.06. The number of furan rings is 1. The zero-order valence-corrected chi connectivity index (χ0v) is 22.0. The normalized spacial score (nSPS) is 38.1. The third-order valence-corrected chi connectivity index (χ3v) is 8.94. The lowest BCUT2D eigenvalue weighted by atomic mass is 9.43. The van der Waals surface area contributed by atoms with Gasteiger partial charge in [0.05, 0.1) is 18.9 Å². The van der Waals surface area contributed by atoms with Crippen LogP contribution in [-0.2, 0) is 33.4 Å². The summed E-state index contributed by atoms with van der Waals surface area (Å²) in [6, 6.07) is 1.73. The molecule has 7 atom stereocenters. The van der Waals surface area contributed by atoms with Crippen molar-refractivity contribution in [1.29, 1.82) is 0 Å². The van der Waals surface area contributed by atoms with Gasteiger partial charge in [0.25, 0.3) is 0 Å². The highest BCUT2D eigenvalue weighted by Gasteiger charge is 2.67. The van der Waals surface area contributed by atoms with E-state index in [1.54, 1.807) is 6.07 Å². The van der Waals surface area contributed by atoms with Crippen LogP contribution in [0.3, 0.4) is 0 Å². The van der Waals surface area contributed by atoms with E-state index in [2.05, 4.69) is 31.9 Å². The molecule has 0 radical (unpaired) electrons. The Labute approximate surface area is 208 Å². The highest BCUT2D eigenvalue weighted by molar-refractivity contribution is 9.11. The van der Waals surface area contributed by atoms with Crippen molar-refractivity contribution in [3.8, 4) is 0 Å². The molecule has 10 heteroatoms. The molecule has 1 aromatic heterocycles. The molecule has 1 saturated heterocycles. The Bertz CT molecular complexity index is 1020. The van der Waals surface area contributed by atoms with Crippen LogP contribution >= 0.6 is 31.9 Å². The molecule has 0 bridgehead atoms. The average molecular weight is 590 g/mol. The Balaban J connectivity index is 1.80. The second kappa shape index (κ2) is 8.52. The predicted molar refractivity (Wildman–Crippen MR) is 121 cm³/mol. The smallest absolute Gasteiger partial charge is 0.310 e. The highest BCUT2D eigenvalue weighted by atomic mass is 79.9. The van der Waals surface area contributed by atoms with Gasteiger partial charge < -0.3 is 18.6 Å². The van der Waals surface area contributed by atoms with E-state index < -0.39 is 52.7 Å². The van der Waals surface area contributed by atoms with Gasteiger partial charge in [-0.2, -0.15) is 0 Å². The standard InChI is InChI=1S/C23H26Br2O8/c1-10(26)31-14-8-13(20(28)30-4)22(2)6-5-12-21(29)32-15(11-7-16(24)33-19(11)25)9-23(12,3)18(22)17(14)27/h7,12-15,18H,5-6,8-9H2,1-4H3/t12-,13?,14-,15+,18-,22-,23-/m0/s1. The van der Waals surface area contributed by atoms with Crippen molar-refractivity contribution in [3.63, 3.8) is 0 Å². The maximum Gasteiger partial charge on any atom is 0.310 e. The van der Waals surface area contributed by atoms with Crippen molar-refractivity contribution in [2.75, 3.05) is 7.11 Å². The fraction of sp³-hybridized carbons (Fsp3) is 0.652.